The molecule has 1 aromatic rings. The van der Waals surface area contributed by atoms with Gasteiger partial charge in [-0.3, -0.25) is 4.79 Å². The van der Waals surface area contributed by atoms with Crippen molar-refractivity contribution < 1.29 is 13.9 Å². The summed E-state index contributed by atoms with van der Waals surface area (Å²) in [6.45, 7) is 0. The van der Waals surface area contributed by atoms with Crippen LogP contribution in [0.5, 0.6) is 0 Å². The number of amides is 1. The number of rotatable bonds is 3. The molecule has 0 unspecified atom stereocenters. The molecule has 1 fully saturated rings. The van der Waals surface area contributed by atoms with Crippen LogP contribution in [-0.4, -0.2) is 30.1 Å². The van der Waals surface area contributed by atoms with Crippen molar-refractivity contribution in [1.82, 2.24) is 10.3 Å². The fraction of sp³-hybridized carbons (Fsp3) is 0.545. The maximum Gasteiger partial charge on any atom is 0.268 e. The molecule has 1 aliphatic carbocycles. The van der Waals surface area contributed by atoms with E-state index in [1.807, 2.05) is 0 Å². The van der Waals surface area contributed by atoms with E-state index in [4.69, 9.17) is 4.74 Å². The van der Waals surface area contributed by atoms with E-state index < -0.39 is 5.82 Å². The Hall–Kier alpha value is -1.36. The van der Waals surface area contributed by atoms with Gasteiger partial charge in [0.05, 0.1) is 12.1 Å². The zero-order valence-electron chi connectivity index (χ0n) is 9.13. The second kappa shape index (κ2) is 4.65. The minimum absolute atomic E-state index is 0.0314. The third kappa shape index (κ3) is 2.24. The van der Waals surface area contributed by atoms with Gasteiger partial charge in [-0.1, -0.05) is 0 Å². The highest BCUT2D eigenvalue weighted by atomic mass is 19.1. The summed E-state index contributed by atoms with van der Waals surface area (Å²) >= 11 is 0. The van der Waals surface area contributed by atoms with Crippen molar-refractivity contribution in [2.75, 3.05) is 7.11 Å². The Morgan fingerprint density at radius 2 is 2.44 bits per heavy atom. The molecule has 2 N–H and O–H groups in total. The molecule has 0 saturated heterocycles. The topological polar surface area (TPSA) is 54.1 Å². The molecule has 0 radical (unpaired) electrons. The average molecular weight is 226 g/mol. The van der Waals surface area contributed by atoms with Gasteiger partial charge in [-0.05, 0) is 19.3 Å². The van der Waals surface area contributed by atoms with Crippen LogP contribution in [0.1, 0.15) is 29.8 Å². The molecule has 88 valence electrons. The lowest BCUT2D eigenvalue weighted by molar-refractivity contribution is 0.0719. The van der Waals surface area contributed by atoms with Gasteiger partial charge in [-0.2, -0.15) is 0 Å². The zero-order chi connectivity index (χ0) is 11.5. The van der Waals surface area contributed by atoms with E-state index in [-0.39, 0.29) is 23.7 Å². The van der Waals surface area contributed by atoms with E-state index in [9.17, 15) is 9.18 Å². The zero-order valence-corrected chi connectivity index (χ0v) is 9.13. The summed E-state index contributed by atoms with van der Waals surface area (Å²) in [6, 6.07) is 1.22. The molecule has 1 aromatic heterocycles. The van der Waals surface area contributed by atoms with Gasteiger partial charge in [0, 0.05) is 19.4 Å². The summed E-state index contributed by atoms with van der Waals surface area (Å²) < 4.78 is 18.0. The van der Waals surface area contributed by atoms with Crippen molar-refractivity contribution in [3.63, 3.8) is 0 Å². The maximum absolute atomic E-state index is 12.7. The second-order valence-electron chi connectivity index (χ2n) is 4.02. The lowest BCUT2D eigenvalue weighted by Crippen LogP contribution is -2.40. The van der Waals surface area contributed by atoms with Gasteiger partial charge in [-0.15, -0.1) is 0 Å². The molecule has 4 nitrogen and oxygen atoms in total. The summed E-state index contributed by atoms with van der Waals surface area (Å²) in [5, 5.41) is 2.85. The number of hydrogen-bond donors (Lipinski definition) is 2. The number of halogens is 1. The Bertz CT molecular complexity index is 378. The Morgan fingerprint density at radius 3 is 3.06 bits per heavy atom. The molecule has 1 heterocycles. The van der Waals surface area contributed by atoms with Crippen molar-refractivity contribution in [1.29, 1.82) is 0 Å². The lowest BCUT2D eigenvalue weighted by atomic mass is 10.2. The molecule has 1 saturated carbocycles. The van der Waals surface area contributed by atoms with Crippen LogP contribution in [0.25, 0.3) is 0 Å². The number of carbonyl (C=O) groups is 1. The molecule has 0 spiro atoms. The first-order chi connectivity index (χ1) is 7.70. The van der Waals surface area contributed by atoms with Gasteiger partial charge in [-0.25, -0.2) is 4.39 Å². The van der Waals surface area contributed by atoms with Crippen LogP contribution < -0.4 is 5.32 Å². The molecular weight excluding hydrogens is 211 g/mol. The monoisotopic (exact) mass is 226 g/mol. The number of ether oxygens (including phenoxy) is 1. The highest BCUT2D eigenvalue weighted by Crippen LogP contribution is 2.21. The fourth-order valence-corrected chi connectivity index (χ4v) is 2.12. The van der Waals surface area contributed by atoms with E-state index in [1.54, 1.807) is 7.11 Å². The van der Waals surface area contributed by atoms with Gasteiger partial charge in [0.15, 0.2) is 0 Å². The predicted molar refractivity (Wildman–Crippen MR) is 56.7 cm³/mol. The Labute approximate surface area is 93.2 Å². The predicted octanol–water partition coefficient (Wildman–Crippen LogP) is 1.45. The molecule has 0 aromatic carbocycles. The standard InChI is InChI=1S/C11H15FN2O2/c1-16-10-4-2-3-8(10)14-11(15)9-5-7(12)6-13-9/h5-6,8,10,13H,2-4H2,1H3,(H,14,15)/t8-,10-/m1/s1. The second-order valence-corrected chi connectivity index (χ2v) is 4.02. The Morgan fingerprint density at radius 1 is 1.62 bits per heavy atom. The van der Waals surface area contributed by atoms with Crippen LogP contribution in [0.3, 0.4) is 0 Å². The molecular formula is C11H15FN2O2. The Kier molecular flexibility index (Phi) is 3.24. The molecule has 1 amide bonds. The summed E-state index contributed by atoms with van der Waals surface area (Å²) in [5.74, 6) is -0.710. The first-order valence-corrected chi connectivity index (χ1v) is 5.38. The first-order valence-electron chi connectivity index (χ1n) is 5.38. The van der Waals surface area contributed by atoms with E-state index in [2.05, 4.69) is 10.3 Å². The number of methoxy groups -OCH3 is 1. The summed E-state index contributed by atoms with van der Waals surface area (Å²) in [5.41, 5.74) is 0.249. The SMILES string of the molecule is CO[C@@H]1CCC[C@H]1NC(=O)c1cc(F)c[nH]1. The number of aromatic amines is 1. The molecule has 2 atom stereocenters. The number of carbonyl (C=O) groups excluding carboxylic acids is 1. The van der Waals surface area contributed by atoms with Crippen LogP contribution in [0.2, 0.25) is 0 Å². The van der Waals surface area contributed by atoms with Gasteiger partial charge < -0.3 is 15.0 Å². The molecule has 0 aliphatic heterocycles. The highest BCUT2D eigenvalue weighted by Gasteiger charge is 2.28. The quantitative estimate of drug-likeness (QED) is 0.819. The molecule has 5 heteroatoms. The van der Waals surface area contributed by atoms with Gasteiger partial charge >= 0.3 is 0 Å². The van der Waals surface area contributed by atoms with Crippen LogP contribution in [-0.2, 0) is 4.74 Å². The van der Waals surface area contributed by atoms with Crippen molar-refractivity contribution in [3.8, 4) is 0 Å². The minimum atomic E-state index is -0.431. The third-order valence-electron chi connectivity index (χ3n) is 2.96. The van der Waals surface area contributed by atoms with E-state index >= 15 is 0 Å². The van der Waals surface area contributed by atoms with Crippen LogP contribution in [0, 0.1) is 5.82 Å². The van der Waals surface area contributed by atoms with E-state index in [0.29, 0.717) is 0 Å². The molecule has 16 heavy (non-hydrogen) atoms. The van der Waals surface area contributed by atoms with Crippen molar-refractivity contribution >= 4 is 5.91 Å². The normalized spacial score (nSPS) is 24.6. The van der Waals surface area contributed by atoms with Crippen LogP contribution >= 0.6 is 0 Å². The highest BCUT2D eigenvalue weighted by molar-refractivity contribution is 5.92. The van der Waals surface area contributed by atoms with Gasteiger partial charge in [0.1, 0.15) is 11.5 Å². The summed E-state index contributed by atoms with van der Waals surface area (Å²) in [7, 11) is 1.64. The summed E-state index contributed by atoms with van der Waals surface area (Å²) in [6.07, 6.45) is 4.15. The van der Waals surface area contributed by atoms with Crippen molar-refractivity contribution in [2.24, 2.45) is 0 Å². The van der Waals surface area contributed by atoms with Crippen molar-refractivity contribution in [3.05, 3.63) is 23.8 Å². The van der Waals surface area contributed by atoms with Crippen LogP contribution in [0.15, 0.2) is 12.3 Å². The van der Waals surface area contributed by atoms with E-state index in [0.717, 1.165) is 25.5 Å². The largest absolute Gasteiger partial charge is 0.379 e. The van der Waals surface area contributed by atoms with E-state index in [1.165, 1.54) is 6.07 Å². The Balaban J connectivity index is 1.97. The van der Waals surface area contributed by atoms with Crippen LogP contribution in [0.4, 0.5) is 4.39 Å². The number of H-pyrrole nitrogens is 1. The smallest absolute Gasteiger partial charge is 0.268 e. The minimum Gasteiger partial charge on any atom is -0.379 e. The molecule has 0 bridgehead atoms. The van der Waals surface area contributed by atoms with Gasteiger partial charge in [0.2, 0.25) is 0 Å². The summed E-state index contributed by atoms with van der Waals surface area (Å²) in [4.78, 5) is 14.3. The van der Waals surface area contributed by atoms with Crippen molar-refractivity contribution in [2.45, 2.75) is 31.4 Å². The fourth-order valence-electron chi connectivity index (χ4n) is 2.12. The maximum atomic E-state index is 12.7. The third-order valence-corrected chi connectivity index (χ3v) is 2.96. The van der Waals surface area contributed by atoms with Gasteiger partial charge in [0.25, 0.3) is 5.91 Å². The average Bonchev–Trinajstić information content (AvgIpc) is 2.86. The lowest BCUT2D eigenvalue weighted by Gasteiger charge is -2.19. The molecule has 2 rings (SSSR count). The number of nitrogens with one attached hydrogen (secondary N) is 2. The first kappa shape index (κ1) is 11.1. The number of aromatic nitrogens is 1. The molecule has 1 aliphatic rings. The number of hydrogen-bond acceptors (Lipinski definition) is 2.